The van der Waals surface area contributed by atoms with E-state index in [-0.39, 0.29) is 0 Å². The highest BCUT2D eigenvalue weighted by Gasteiger charge is 2.08. The first-order valence-electron chi connectivity index (χ1n) is 6.44. The molecule has 0 aliphatic carbocycles. The number of hydrogen-bond donors (Lipinski definition) is 1. The molecule has 0 heterocycles. The first kappa shape index (κ1) is 12.7. The van der Waals surface area contributed by atoms with Gasteiger partial charge in [0.15, 0.2) is 0 Å². The van der Waals surface area contributed by atoms with Gasteiger partial charge in [-0.3, -0.25) is 0 Å². The monoisotopic (exact) mass is 237 g/mol. The van der Waals surface area contributed by atoms with Gasteiger partial charge in [0.05, 0.1) is 0 Å². The highest BCUT2D eigenvalue weighted by Crippen LogP contribution is 2.23. The van der Waals surface area contributed by atoms with Crippen molar-refractivity contribution >= 4 is 10.8 Å². The molecule has 1 atom stereocenters. The molecule has 0 saturated heterocycles. The summed E-state index contributed by atoms with van der Waals surface area (Å²) in [6, 6.07) is 15.5. The van der Waals surface area contributed by atoms with Gasteiger partial charge in [-0.05, 0) is 42.3 Å². The normalized spacial score (nSPS) is 12.2. The molecule has 0 fully saturated rings. The molecule has 0 amide bonds. The standard InChI is InChI=1S/C17H19N/c1-3-4-5-10-17(18-2)16-12-11-14-8-6-7-9-15(14)13-16/h1,6-9,11-13,17-18H,4-5,10H2,2H3. The Bertz CT molecular complexity index is 551. The van der Waals surface area contributed by atoms with Crippen LogP contribution in [0.25, 0.3) is 10.8 Å². The Morgan fingerprint density at radius 3 is 2.67 bits per heavy atom. The van der Waals surface area contributed by atoms with Crippen LogP contribution in [0.15, 0.2) is 42.5 Å². The molecular weight excluding hydrogens is 218 g/mol. The minimum atomic E-state index is 0.392. The zero-order valence-electron chi connectivity index (χ0n) is 10.8. The molecule has 0 bridgehead atoms. The minimum Gasteiger partial charge on any atom is -0.313 e. The third-order valence-corrected chi connectivity index (χ3v) is 3.34. The SMILES string of the molecule is C#CCCCC(NC)c1ccc2ccccc2c1. The van der Waals surface area contributed by atoms with E-state index in [0.717, 1.165) is 19.3 Å². The predicted octanol–water partition coefficient (Wildman–Crippen LogP) is 3.90. The van der Waals surface area contributed by atoms with E-state index in [9.17, 15) is 0 Å². The molecule has 2 aromatic carbocycles. The molecule has 2 rings (SSSR count). The lowest BCUT2D eigenvalue weighted by Gasteiger charge is -2.16. The average Bonchev–Trinajstić information content (AvgIpc) is 2.43. The number of nitrogens with one attached hydrogen (secondary N) is 1. The number of fused-ring (bicyclic) bond motifs is 1. The van der Waals surface area contributed by atoms with Gasteiger partial charge in [-0.2, -0.15) is 0 Å². The summed E-state index contributed by atoms with van der Waals surface area (Å²) in [6.45, 7) is 0. The third-order valence-electron chi connectivity index (χ3n) is 3.34. The molecule has 1 heteroatoms. The lowest BCUT2D eigenvalue weighted by atomic mass is 9.98. The topological polar surface area (TPSA) is 12.0 Å². The molecule has 18 heavy (non-hydrogen) atoms. The summed E-state index contributed by atoms with van der Waals surface area (Å²) in [5.74, 6) is 2.70. The van der Waals surface area contributed by atoms with Crippen LogP contribution in [0.2, 0.25) is 0 Å². The summed E-state index contributed by atoms with van der Waals surface area (Å²) in [4.78, 5) is 0. The number of benzene rings is 2. The third kappa shape index (κ3) is 2.91. The Hall–Kier alpha value is -1.78. The van der Waals surface area contributed by atoms with E-state index < -0.39 is 0 Å². The second-order valence-corrected chi connectivity index (χ2v) is 4.54. The molecule has 0 aliphatic heterocycles. The van der Waals surface area contributed by atoms with Gasteiger partial charge in [-0.25, -0.2) is 0 Å². The smallest absolute Gasteiger partial charge is 0.0318 e. The van der Waals surface area contributed by atoms with Crippen molar-refractivity contribution in [1.82, 2.24) is 5.32 Å². The van der Waals surface area contributed by atoms with Crippen molar-refractivity contribution in [2.45, 2.75) is 25.3 Å². The number of hydrogen-bond acceptors (Lipinski definition) is 1. The van der Waals surface area contributed by atoms with Gasteiger partial charge in [0.2, 0.25) is 0 Å². The molecule has 92 valence electrons. The Morgan fingerprint density at radius 2 is 1.94 bits per heavy atom. The summed E-state index contributed by atoms with van der Waals surface area (Å²) in [6.07, 6.45) is 8.30. The first-order chi connectivity index (χ1) is 8.85. The molecule has 1 unspecified atom stereocenters. The summed E-state index contributed by atoms with van der Waals surface area (Å²) in [5.41, 5.74) is 1.34. The van der Waals surface area contributed by atoms with Gasteiger partial charge in [0.25, 0.3) is 0 Å². The lowest BCUT2D eigenvalue weighted by molar-refractivity contribution is 0.532. The molecule has 0 aromatic heterocycles. The van der Waals surface area contributed by atoms with Crippen LogP contribution >= 0.6 is 0 Å². The fourth-order valence-corrected chi connectivity index (χ4v) is 2.31. The van der Waals surface area contributed by atoms with Crippen molar-refractivity contribution < 1.29 is 0 Å². The van der Waals surface area contributed by atoms with Gasteiger partial charge in [0.1, 0.15) is 0 Å². The van der Waals surface area contributed by atoms with E-state index in [1.54, 1.807) is 0 Å². The van der Waals surface area contributed by atoms with Crippen LogP contribution < -0.4 is 5.32 Å². The maximum absolute atomic E-state index is 5.30. The van der Waals surface area contributed by atoms with E-state index >= 15 is 0 Å². The van der Waals surface area contributed by atoms with Gasteiger partial charge in [0, 0.05) is 12.5 Å². The Morgan fingerprint density at radius 1 is 1.17 bits per heavy atom. The van der Waals surface area contributed by atoms with Crippen LogP contribution in [0.1, 0.15) is 30.9 Å². The second-order valence-electron chi connectivity index (χ2n) is 4.54. The molecule has 2 aromatic rings. The Labute approximate surface area is 109 Å². The largest absolute Gasteiger partial charge is 0.313 e. The minimum absolute atomic E-state index is 0.392. The van der Waals surface area contributed by atoms with Crippen molar-refractivity contribution in [3.8, 4) is 12.3 Å². The summed E-state index contributed by atoms with van der Waals surface area (Å²) in [5, 5.41) is 5.96. The van der Waals surface area contributed by atoms with E-state index in [0.29, 0.717) is 6.04 Å². The zero-order valence-corrected chi connectivity index (χ0v) is 10.8. The van der Waals surface area contributed by atoms with Gasteiger partial charge < -0.3 is 5.32 Å². The van der Waals surface area contributed by atoms with Crippen molar-refractivity contribution in [1.29, 1.82) is 0 Å². The molecule has 0 spiro atoms. The van der Waals surface area contributed by atoms with E-state index in [2.05, 4.69) is 53.7 Å². The lowest BCUT2D eigenvalue weighted by Crippen LogP contribution is -2.16. The number of rotatable bonds is 5. The Kier molecular flexibility index (Phi) is 4.39. The average molecular weight is 237 g/mol. The fraction of sp³-hybridized carbons (Fsp3) is 0.294. The predicted molar refractivity (Wildman–Crippen MR) is 78.4 cm³/mol. The van der Waals surface area contributed by atoms with Gasteiger partial charge in [-0.1, -0.05) is 36.4 Å². The quantitative estimate of drug-likeness (QED) is 0.614. The summed E-state index contributed by atoms with van der Waals surface area (Å²) >= 11 is 0. The van der Waals surface area contributed by atoms with Gasteiger partial charge in [-0.15, -0.1) is 12.3 Å². The van der Waals surface area contributed by atoms with Gasteiger partial charge >= 0.3 is 0 Å². The number of unbranched alkanes of at least 4 members (excludes halogenated alkanes) is 1. The molecule has 0 aliphatic rings. The fourth-order valence-electron chi connectivity index (χ4n) is 2.31. The zero-order chi connectivity index (χ0) is 12.8. The van der Waals surface area contributed by atoms with Crippen LogP contribution in [0.4, 0.5) is 0 Å². The number of terminal acetylenes is 1. The highest BCUT2D eigenvalue weighted by molar-refractivity contribution is 5.83. The maximum atomic E-state index is 5.30. The van der Waals surface area contributed by atoms with Crippen molar-refractivity contribution in [2.24, 2.45) is 0 Å². The summed E-state index contributed by atoms with van der Waals surface area (Å²) in [7, 11) is 2.01. The molecular formula is C17H19N. The molecule has 0 radical (unpaired) electrons. The van der Waals surface area contributed by atoms with E-state index in [4.69, 9.17) is 6.42 Å². The molecule has 1 N–H and O–H groups in total. The summed E-state index contributed by atoms with van der Waals surface area (Å²) < 4.78 is 0. The van der Waals surface area contributed by atoms with Crippen LogP contribution in [0.3, 0.4) is 0 Å². The Balaban J connectivity index is 2.20. The first-order valence-corrected chi connectivity index (χ1v) is 6.44. The van der Waals surface area contributed by atoms with Crippen molar-refractivity contribution in [3.63, 3.8) is 0 Å². The molecule has 1 nitrogen and oxygen atoms in total. The van der Waals surface area contributed by atoms with Crippen molar-refractivity contribution in [3.05, 3.63) is 48.0 Å². The van der Waals surface area contributed by atoms with Crippen LogP contribution in [0.5, 0.6) is 0 Å². The second kappa shape index (κ2) is 6.23. The van der Waals surface area contributed by atoms with Crippen LogP contribution in [0, 0.1) is 12.3 Å². The van der Waals surface area contributed by atoms with E-state index in [1.807, 2.05) is 7.05 Å². The highest BCUT2D eigenvalue weighted by atomic mass is 14.9. The van der Waals surface area contributed by atoms with E-state index in [1.165, 1.54) is 16.3 Å². The van der Waals surface area contributed by atoms with Crippen molar-refractivity contribution in [2.75, 3.05) is 7.05 Å². The van der Waals surface area contributed by atoms with Crippen LogP contribution in [-0.2, 0) is 0 Å². The maximum Gasteiger partial charge on any atom is 0.0318 e. The molecule has 0 saturated carbocycles. The van der Waals surface area contributed by atoms with Crippen LogP contribution in [-0.4, -0.2) is 7.05 Å².